The van der Waals surface area contributed by atoms with Gasteiger partial charge in [-0.05, 0) is 25.0 Å². The summed E-state index contributed by atoms with van der Waals surface area (Å²) in [5.74, 6) is 0. The Morgan fingerprint density at radius 1 is 1.38 bits per heavy atom. The van der Waals surface area contributed by atoms with Crippen LogP contribution in [-0.2, 0) is 10.0 Å². The topological polar surface area (TPSA) is 115 Å². The van der Waals surface area contributed by atoms with Gasteiger partial charge in [0.15, 0.2) is 4.90 Å². The number of rotatable bonds is 7. The molecule has 1 aromatic carbocycles. The molecule has 0 spiro atoms. The summed E-state index contributed by atoms with van der Waals surface area (Å²) in [5, 5.41) is 11.0. The van der Waals surface area contributed by atoms with Gasteiger partial charge in [-0.25, -0.2) is 13.1 Å². The summed E-state index contributed by atoms with van der Waals surface area (Å²) < 4.78 is 26.8. The molecule has 0 aliphatic carbocycles. The first-order valence-electron chi connectivity index (χ1n) is 6.37. The van der Waals surface area contributed by atoms with Crippen LogP contribution in [0.3, 0.4) is 0 Å². The summed E-state index contributed by atoms with van der Waals surface area (Å²) >= 11 is 5.73. The van der Waals surface area contributed by atoms with Crippen molar-refractivity contribution < 1.29 is 13.3 Å². The van der Waals surface area contributed by atoms with Crippen LogP contribution < -0.4 is 10.5 Å². The van der Waals surface area contributed by atoms with E-state index in [-0.39, 0.29) is 11.6 Å². The number of nitrogens with zero attached hydrogens (tertiary/aromatic N) is 1. The Labute approximate surface area is 128 Å². The van der Waals surface area contributed by atoms with Crippen molar-refractivity contribution in [3.8, 4) is 0 Å². The number of nitro groups is 1. The SMILES string of the molecule is CCC(N)(CC)CNS(=O)(=O)c1cc(Cl)ccc1[N+](=O)[O-]. The van der Waals surface area contributed by atoms with Crippen LogP contribution >= 0.6 is 11.6 Å². The summed E-state index contributed by atoms with van der Waals surface area (Å²) in [6.07, 6.45) is 1.15. The molecule has 0 saturated carbocycles. The van der Waals surface area contributed by atoms with Crippen LogP contribution in [0.5, 0.6) is 0 Å². The first-order valence-corrected chi connectivity index (χ1v) is 8.24. The Bertz CT molecular complexity index is 629. The second-order valence-electron chi connectivity index (χ2n) is 4.76. The fourth-order valence-electron chi connectivity index (χ4n) is 1.67. The van der Waals surface area contributed by atoms with E-state index in [0.717, 1.165) is 12.1 Å². The zero-order chi connectivity index (χ0) is 16.3. The molecule has 118 valence electrons. The number of sulfonamides is 1. The van der Waals surface area contributed by atoms with Crippen molar-refractivity contribution in [2.24, 2.45) is 5.73 Å². The van der Waals surface area contributed by atoms with Crippen molar-refractivity contribution in [2.45, 2.75) is 37.1 Å². The average Bonchev–Trinajstić information content (AvgIpc) is 2.44. The molecule has 3 N–H and O–H groups in total. The van der Waals surface area contributed by atoms with Gasteiger partial charge in [-0.1, -0.05) is 25.4 Å². The molecule has 21 heavy (non-hydrogen) atoms. The third kappa shape index (κ3) is 4.37. The van der Waals surface area contributed by atoms with Crippen LogP contribution in [-0.4, -0.2) is 25.4 Å². The van der Waals surface area contributed by atoms with E-state index in [1.807, 2.05) is 13.8 Å². The Morgan fingerprint density at radius 2 is 1.95 bits per heavy atom. The third-order valence-corrected chi connectivity index (χ3v) is 5.10. The molecule has 9 heteroatoms. The molecular weight excluding hydrogens is 318 g/mol. The van der Waals surface area contributed by atoms with Crippen LogP contribution in [0.1, 0.15) is 26.7 Å². The van der Waals surface area contributed by atoms with Gasteiger partial charge < -0.3 is 5.73 Å². The van der Waals surface area contributed by atoms with E-state index in [0.29, 0.717) is 12.8 Å². The quantitative estimate of drug-likeness (QED) is 0.584. The fourth-order valence-corrected chi connectivity index (χ4v) is 3.24. The van der Waals surface area contributed by atoms with Gasteiger partial charge >= 0.3 is 0 Å². The summed E-state index contributed by atoms with van der Waals surface area (Å²) in [4.78, 5) is 9.71. The number of hydrogen-bond acceptors (Lipinski definition) is 5. The first-order chi connectivity index (χ1) is 9.65. The Kier molecular flexibility index (Phi) is 5.68. The maximum Gasteiger partial charge on any atom is 0.289 e. The van der Waals surface area contributed by atoms with E-state index in [2.05, 4.69) is 4.72 Å². The van der Waals surface area contributed by atoms with Crippen molar-refractivity contribution in [3.05, 3.63) is 33.3 Å². The molecule has 0 amide bonds. The Morgan fingerprint density at radius 3 is 2.43 bits per heavy atom. The predicted molar refractivity (Wildman–Crippen MR) is 80.8 cm³/mol. The molecule has 0 aromatic heterocycles. The zero-order valence-electron chi connectivity index (χ0n) is 11.8. The molecule has 0 aliphatic rings. The van der Waals surface area contributed by atoms with E-state index in [1.54, 1.807) is 0 Å². The van der Waals surface area contributed by atoms with Crippen LogP contribution in [0.25, 0.3) is 0 Å². The van der Waals surface area contributed by atoms with Crippen molar-refractivity contribution in [1.29, 1.82) is 0 Å². The highest BCUT2D eigenvalue weighted by atomic mass is 35.5. The Hall–Kier alpha value is -1.22. The van der Waals surface area contributed by atoms with Crippen LogP contribution in [0.2, 0.25) is 5.02 Å². The maximum atomic E-state index is 12.3. The summed E-state index contributed by atoms with van der Waals surface area (Å²) in [5.41, 5.74) is 4.80. The number of nitro benzene ring substituents is 1. The smallest absolute Gasteiger partial charge is 0.289 e. The number of benzene rings is 1. The van der Waals surface area contributed by atoms with Crippen LogP contribution in [0.15, 0.2) is 23.1 Å². The largest absolute Gasteiger partial charge is 0.324 e. The standard InChI is InChI=1S/C12H18ClN3O4S/c1-3-12(14,4-2)8-15-21(19,20)11-7-9(13)5-6-10(11)16(17)18/h5-7,15H,3-4,8,14H2,1-2H3. The summed E-state index contributed by atoms with van der Waals surface area (Å²) in [6.45, 7) is 3.69. The lowest BCUT2D eigenvalue weighted by Crippen LogP contribution is -2.49. The van der Waals surface area contributed by atoms with Gasteiger partial charge in [-0.3, -0.25) is 10.1 Å². The number of hydrogen-bond donors (Lipinski definition) is 2. The highest BCUT2D eigenvalue weighted by Gasteiger charge is 2.29. The second kappa shape index (κ2) is 6.69. The molecule has 0 aliphatic heterocycles. The molecule has 1 rings (SSSR count). The molecule has 0 saturated heterocycles. The molecule has 7 nitrogen and oxygen atoms in total. The number of halogens is 1. The number of nitrogens with one attached hydrogen (secondary N) is 1. The predicted octanol–water partition coefficient (Wildman–Crippen LogP) is 2.04. The number of nitrogens with two attached hydrogens (primary N) is 1. The summed E-state index contributed by atoms with van der Waals surface area (Å²) in [7, 11) is -4.07. The van der Waals surface area contributed by atoms with E-state index in [4.69, 9.17) is 17.3 Å². The first kappa shape index (κ1) is 17.8. The monoisotopic (exact) mass is 335 g/mol. The van der Waals surface area contributed by atoms with Crippen LogP contribution in [0, 0.1) is 10.1 Å². The Balaban J connectivity index is 3.14. The van der Waals surface area contributed by atoms with Crippen molar-refractivity contribution in [2.75, 3.05) is 6.54 Å². The molecule has 0 bridgehead atoms. The molecule has 0 heterocycles. The minimum atomic E-state index is -4.07. The van der Waals surface area contributed by atoms with E-state index < -0.39 is 31.1 Å². The molecule has 0 radical (unpaired) electrons. The minimum absolute atomic E-state index is 0.00794. The lowest BCUT2D eigenvalue weighted by atomic mass is 9.95. The molecule has 1 aromatic rings. The normalized spacial score (nSPS) is 12.4. The van der Waals surface area contributed by atoms with E-state index in [9.17, 15) is 18.5 Å². The summed E-state index contributed by atoms with van der Waals surface area (Å²) in [6, 6.07) is 3.38. The fraction of sp³-hybridized carbons (Fsp3) is 0.500. The van der Waals surface area contributed by atoms with Gasteiger partial charge in [0, 0.05) is 23.2 Å². The van der Waals surface area contributed by atoms with Gasteiger partial charge in [0.25, 0.3) is 5.69 Å². The van der Waals surface area contributed by atoms with Crippen molar-refractivity contribution in [3.63, 3.8) is 0 Å². The minimum Gasteiger partial charge on any atom is -0.324 e. The van der Waals surface area contributed by atoms with Gasteiger partial charge in [-0.2, -0.15) is 0 Å². The van der Waals surface area contributed by atoms with Crippen molar-refractivity contribution >= 4 is 27.3 Å². The lowest BCUT2D eigenvalue weighted by Gasteiger charge is -2.26. The van der Waals surface area contributed by atoms with Gasteiger partial charge in [0.05, 0.1) is 4.92 Å². The maximum absolute atomic E-state index is 12.3. The molecule has 0 unspecified atom stereocenters. The molecule has 0 fully saturated rings. The van der Waals surface area contributed by atoms with Gasteiger partial charge in [-0.15, -0.1) is 0 Å². The highest BCUT2D eigenvalue weighted by Crippen LogP contribution is 2.27. The highest BCUT2D eigenvalue weighted by molar-refractivity contribution is 7.89. The van der Waals surface area contributed by atoms with E-state index in [1.165, 1.54) is 6.07 Å². The molecular formula is C12H18ClN3O4S. The van der Waals surface area contributed by atoms with Crippen molar-refractivity contribution in [1.82, 2.24) is 4.72 Å². The van der Waals surface area contributed by atoms with Crippen LogP contribution in [0.4, 0.5) is 5.69 Å². The molecule has 0 atom stereocenters. The third-order valence-electron chi connectivity index (χ3n) is 3.43. The zero-order valence-corrected chi connectivity index (χ0v) is 13.4. The second-order valence-corrected chi connectivity index (χ2v) is 6.93. The average molecular weight is 336 g/mol. The van der Waals surface area contributed by atoms with Gasteiger partial charge in [0.1, 0.15) is 0 Å². The van der Waals surface area contributed by atoms with Gasteiger partial charge in [0.2, 0.25) is 10.0 Å². The lowest BCUT2D eigenvalue weighted by molar-refractivity contribution is -0.387. The van der Waals surface area contributed by atoms with E-state index >= 15 is 0 Å².